The molecule has 0 saturated carbocycles. The fraction of sp³-hybridized carbons (Fsp3) is 0.588. The van der Waals surface area contributed by atoms with E-state index in [0.717, 1.165) is 12.1 Å². The molecule has 7 nitrogen and oxygen atoms in total. The zero-order chi connectivity index (χ0) is 17.0. The summed E-state index contributed by atoms with van der Waals surface area (Å²) in [5.74, 6) is -0.171. The maximum absolute atomic E-state index is 12.5. The predicted octanol–water partition coefficient (Wildman–Crippen LogP) is 0.922. The number of amides is 1. The highest BCUT2D eigenvalue weighted by Crippen LogP contribution is 2.42. The van der Waals surface area contributed by atoms with Gasteiger partial charge in [0.05, 0.1) is 25.4 Å². The molecular formula is C17H23N3O4. The number of esters is 1. The number of anilines is 1. The fourth-order valence-electron chi connectivity index (χ4n) is 3.50. The van der Waals surface area contributed by atoms with Crippen LogP contribution in [0.15, 0.2) is 24.5 Å². The zero-order valence-electron chi connectivity index (χ0n) is 13.9. The molecule has 2 aliphatic rings. The van der Waals surface area contributed by atoms with E-state index in [0.29, 0.717) is 32.9 Å². The Hall–Kier alpha value is -2.15. The molecule has 1 aromatic heterocycles. The molecule has 1 amide bonds. The summed E-state index contributed by atoms with van der Waals surface area (Å²) in [5.41, 5.74) is 0.0870. The van der Waals surface area contributed by atoms with Crippen molar-refractivity contribution in [3.05, 3.63) is 24.5 Å². The van der Waals surface area contributed by atoms with Crippen LogP contribution in [0.4, 0.5) is 5.69 Å². The van der Waals surface area contributed by atoms with Crippen LogP contribution in [0.2, 0.25) is 0 Å². The largest absolute Gasteiger partial charge is 0.465 e. The molecule has 1 aromatic rings. The van der Waals surface area contributed by atoms with Gasteiger partial charge in [0.2, 0.25) is 5.91 Å². The second kappa shape index (κ2) is 7.17. The summed E-state index contributed by atoms with van der Waals surface area (Å²) < 4.78 is 10.8. The number of hydrogen-bond donors (Lipinski definition) is 1. The van der Waals surface area contributed by atoms with Crippen molar-refractivity contribution < 1.29 is 19.1 Å². The lowest BCUT2D eigenvalue weighted by Crippen LogP contribution is -2.48. The number of likely N-dealkylation sites (tertiary alicyclic amines) is 1. The smallest absolute Gasteiger partial charge is 0.316 e. The van der Waals surface area contributed by atoms with Gasteiger partial charge in [0.15, 0.2) is 0 Å². The van der Waals surface area contributed by atoms with Crippen LogP contribution in [0.25, 0.3) is 0 Å². The van der Waals surface area contributed by atoms with Gasteiger partial charge in [-0.05, 0) is 31.4 Å². The molecule has 0 radical (unpaired) electrons. The van der Waals surface area contributed by atoms with Crippen molar-refractivity contribution in [2.24, 2.45) is 11.3 Å². The lowest BCUT2D eigenvalue weighted by molar-refractivity contribution is -0.166. The molecule has 2 atom stereocenters. The molecule has 2 aliphatic heterocycles. The van der Waals surface area contributed by atoms with Gasteiger partial charge in [-0.25, -0.2) is 0 Å². The maximum atomic E-state index is 12.5. The second-order valence-corrected chi connectivity index (χ2v) is 6.28. The van der Waals surface area contributed by atoms with E-state index >= 15 is 0 Å². The number of nitrogens with one attached hydrogen (secondary N) is 1. The van der Waals surface area contributed by atoms with Crippen LogP contribution in [0.5, 0.6) is 0 Å². The Bertz CT molecular complexity index is 595. The number of ether oxygens (including phenoxy) is 2. The average molecular weight is 333 g/mol. The van der Waals surface area contributed by atoms with Gasteiger partial charge in [0.25, 0.3) is 0 Å². The molecule has 3 heterocycles. The standard InChI is InChI=1S/C17H23N3O4/c1-2-24-16(22)17-11-20(10-13(17)5-7-23-12-17)15(21)9-19-14-4-3-6-18-8-14/h3-4,6,8,13,19H,2,5,7,9-12H2,1H3/t13?,17-/m1/s1. The molecule has 2 fully saturated rings. The number of fused-ring (bicyclic) bond motifs is 1. The number of nitrogens with zero attached hydrogens (tertiary/aromatic N) is 2. The molecule has 24 heavy (non-hydrogen) atoms. The normalized spacial score (nSPS) is 25.9. The van der Waals surface area contributed by atoms with Crippen molar-refractivity contribution in [3.8, 4) is 0 Å². The lowest BCUT2D eigenvalue weighted by atomic mass is 9.75. The average Bonchev–Trinajstić information content (AvgIpc) is 3.02. The highest BCUT2D eigenvalue weighted by atomic mass is 16.5. The van der Waals surface area contributed by atoms with Gasteiger partial charge in [0, 0.05) is 32.1 Å². The van der Waals surface area contributed by atoms with Crippen molar-refractivity contribution in [2.45, 2.75) is 13.3 Å². The van der Waals surface area contributed by atoms with Crippen LogP contribution in [0, 0.1) is 11.3 Å². The molecule has 2 saturated heterocycles. The number of aromatic nitrogens is 1. The molecule has 0 aliphatic carbocycles. The first-order chi connectivity index (χ1) is 11.7. The van der Waals surface area contributed by atoms with E-state index in [1.165, 1.54) is 0 Å². The number of pyridine rings is 1. The van der Waals surface area contributed by atoms with E-state index in [1.54, 1.807) is 24.2 Å². The predicted molar refractivity (Wildman–Crippen MR) is 87.3 cm³/mol. The first-order valence-corrected chi connectivity index (χ1v) is 8.32. The number of rotatable bonds is 5. The monoisotopic (exact) mass is 333 g/mol. The number of hydrogen-bond acceptors (Lipinski definition) is 6. The summed E-state index contributed by atoms with van der Waals surface area (Å²) in [4.78, 5) is 30.8. The van der Waals surface area contributed by atoms with E-state index in [4.69, 9.17) is 9.47 Å². The maximum Gasteiger partial charge on any atom is 0.316 e. The van der Waals surface area contributed by atoms with Crippen LogP contribution in [-0.4, -0.2) is 61.2 Å². The van der Waals surface area contributed by atoms with Gasteiger partial charge in [-0.15, -0.1) is 0 Å². The molecular weight excluding hydrogens is 310 g/mol. The van der Waals surface area contributed by atoms with Crippen molar-refractivity contribution >= 4 is 17.6 Å². The molecule has 0 spiro atoms. The van der Waals surface area contributed by atoms with Gasteiger partial charge in [-0.2, -0.15) is 0 Å². The summed E-state index contributed by atoms with van der Waals surface area (Å²) in [6, 6.07) is 3.67. The molecule has 130 valence electrons. The summed E-state index contributed by atoms with van der Waals surface area (Å²) in [6.07, 6.45) is 4.13. The van der Waals surface area contributed by atoms with Gasteiger partial charge in [-0.1, -0.05) is 0 Å². The molecule has 1 N–H and O–H groups in total. The molecule has 0 bridgehead atoms. The first kappa shape index (κ1) is 16.7. The van der Waals surface area contributed by atoms with Crippen molar-refractivity contribution in [1.29, 1.82) is 0 Å². The first-order valence-electron chi connectivity index (χ1n) is 8.32. The van der Waals surface area contributed by atoms with Crippen molar-refractivity contribution in [3.63, 3.8) is 0 Å². The molecule has 1 unspecified atom stereocenters. The Labute approximate surface area is 141 Å². The highest BCUT2D eigenvalue weighted by Gasteiger charge is 2.55. The highest BCUT2D eigenvalue weighted by molar-refractivity contribution is 5.84. The molecule has 3 rings (SSSR count). The van der Waals surface area contributed by atoms with Gasteiger partial charge in [-0.3, -0.25) is 14.6 Å². The van der Waals surface area contributed by atoms with Crippen LogP contribution >= 0.6 is 0 Å². The fourth-order valence-corrected chi connectivity index (χ4v) is 3.50. The number of carbonyl (C=O) groups excluding carboxylic acids is 2. The Kier molecular flexibility index (Phi) is 4.99. The van der Waals surface area contributed by atoms with E-state index in [-0.39, 0.29) is 24.3 Å². The minimum absolute atomic E-state index is 0.0306. The van der Waals surface area contributed by atoms with Crippen LogP contribution in [0.1, 0.15) is 13.3 Å². The topological polar surface area (TPSA) is 80.8 Å². The third-order valence-electron chi connectivity index (χ3n) is 4.81. The quantitative estimate of drug-likeness (QED) is 0.807. The summed E-state index contributed by atoms with van der Waals surface area (Å²) >= 11 is 0. The van der Waals surface area contributed by atoms with Gasteiger partial charge < -0.3 is 19.7 Å². The van der Waals surface area contributed by atoms with Gasteiger partial charge in [0.1, 0.15) is 5.41 Å². The summed E-state index contributed by atoms with van der Waals surface area (Å²) in [7, 11) is 0. The number of carbonyl (C=O) groups is 2. The van der Waals surface area contributed by atoms with E-state index < -0.39 is 5.41 Å². The zero-order valence-corrected chi connectivity index (χ0v) is 13.9. The van der Waals surface area contributed by atoms with Gasteiger partial charge >= 0.3 is 5.97 Å². The van der Waals surface area contributed by atoms with E-state index in [9.17, 15) is 9.59 Å². The van der Waals surface area contributed by atoms with Crippen LogP contribution in [-0.2, 0) is 19.1 Å². The minimum atomic E-state index is -0.710. The molecule has 0 aromatic carbocycles. The van der Waals surface area contributed by atoms with Crippen LogP contribution < -0.4 is 5.32 Å². The van der Waals surface area contributed by atoms with Crippen molar-refractivity contribution in [1.82, 2.24) is 9.88 Å². The summed E-state index contributed by atoms with van der Waals surface area (Å²) in [5, 5.41) is 3.07. The Balaban J connectivity index is 1.65. The lowest BCUT2D eigenvalue weighted by Gasteiger charge is -2.35. The summed E-state index contributed by atoms with van der Waals surface area (Å²) in [6.45, 7) is 4.21. The Morgan fingerprint density at radius 3 is 3.17 bits per heavy atom. The Morgan fingerprint density at radius 2 is 2.42 bits per heavy atom. The van der Waals surface area contributed by atoms with E-state index in [2.05, 4.69) is 10.3 Å². The second-order valence-electron chi connectivity index (χ2n) is 6.28. The SMILES string of the molecule is CCOC(=O)[C@]12COCCC1CN(C(=O)CNc1cccnc1)C2. The minimum Gasteiger partial charge on any atom is -0.465 e. The van der Waals surface area contributed by atoms with Crippen LogP contribution in [0.3, 0.4) is 0 Å². The molecule has 7 heteroatoms. The van der Waals surface area contributed by atoms with Crippen molar-refractivity contribution in [2.75, 3.05) is 44.8 Å². The third kappa shape index (κ3) is 3.21. The Morgan fingerprint density at radius 1 is 1.54 bits per heavy atom. The third-order valence-corrected chi connectivity index (χ3v) is 4.81. The van der Waals surface area contributed by atoms with E-state index in [1.807, 2.05) is 12.1 Å².